The largest absolute Gasteiger partial charge is 0.466 e. The smallest absolute Gasteiger partial charge is 0.310 e. The summed E-state index contributed by atoms with van der Waals surface area (Å²) in [4.78, 5) is 15.0. The number of halogens is 4. The fourth-order valence-electron chi connectivity index (χ4n) is 1.27. The van der Waals surface area contributed by atoms with E-state index in [0.717, 1.165) is 0 Å². The van der Waals surface area contributed by atoms with Gasteiger partial charge in [0.05, 0.1) is 23.6 Å². The molecule has 1 aromatic rings. The number of pyridine rings is 1. The first-order chi connectivity index (χ1) is 7.97. The SMILES string of the molecule is CCOC(=O)Cc1c(Cl)cnc(I)c1C(F)F. The van der Waals surface area contributed by atoms with Gasteiger partial charge in [-0.2, -0.15) is 0 Å². The lowest BCUT2D eigenvalue weighted by Gasteiger charge is -2.11. The summed E-state index contributed by atoms with van der Waals surface area (Å²) in [5.74, 6) is -0.585. The van der Waals surface area contributed by atoms with Crippen LogP contribution in [0, 0.1) is 3.70 Å². The lowest BCUT2D eigenvalue weighted by atomic mass is 10.1. The highest BCUT2D eigenvalue weighted by atomic mass is 127. The Morgan fingerprint density at radius 1 is 1.65 bits per heavy atom. The number of alkyl halides is 2. The van der Waals surface area contributed by atoms with Gasteiger partial charge < -0.3 is 4.74 Å². The van der Waals surface area contributed by atoms with Gasteiger partial charge in [0.2, 0.25) is 0 Å². The number of carbonyl (C=O) groups excluding carboxylic acids is 1. The molecule has 0 saturated carbocycles. The van der Waals surface area contributed by atoms with E-state index in [9.17, 15) is 13.6 Å². The van der Waals surface area contributed by atoms with Gasteiger partial charge in [0, 0.05) is 6.20 Å². The first kappa shape index (κ1) is 14.6. The van der Waals surface area contributed by atoms with Crippen LogP contribution < -0.4 is 0 Å². The molecule has 0 bridgehead atoms. The minimum absolute atomic E-state index is 0.0498. The maximum atomic E-state index is 12.8. The fraction of sp³-hybridized carbons (Fsp3) is 0.400. The van der Waals surface area contributed by atoms with Crippen molar-refractivity contribution in [3.63, 3.8) is 0 Å². The molecule has 0 aromatic carbocycles. The molecule has 1 aromatic heterocycles. The van der Waals surface area contributed by atoms with Crippen molar-refractivity contribution in [2.24, 2.45) is 0 Å². The molecule has 0 spiro atoms. The maximum Gasteiger partial charge on any atom is 0.310 e. The van der Waals surface area contributed by atoms with E-state index in [1.807, 2.05) is 0 Å². The summed E-state index contributed by atoms with van der Waals surface area (Å²) in [6.07, 6.45) is -1.74. The molecule has 0 saturated heterocycles. The van der Waals surface area contributed by atoms with Gasteiger partial charge in [-0.1, -0.05) is 11.6 Å². The van der Waals surface area contributed by atoms with Gasteiger partial charge in [-0.15, -0.1) is 0 Å². The van der Waals surface area contributed by atoms with Gasteiger partial charge in [0.25, 0.3) is 6.43 Å². The predicted molar refractivity (Wildman–Crippen MR) is 67.3 cm³/mol. The van der Waals surface area contributed by atoms with Crippen LogP contribution in [-0.4, -0.2) is 17.6 Å². The number of ether oxygens (including phenoxy) is 1. The summed E-state index contributed by atoms with van der Waals surface area (Å²) in [6.45, 7) is 1.84. The van der Waals surface area contributed by atoms with Crippen LogP contribution in [0.2, 0.25) is 5.02 Å². The van der Waals surface area contributed by atoms with Crippen molar-refractivity contribution in [1.29, 1.82) is 0 Å². The lowest BCUT2D eigenvalue weighted by Crippen LogP contribution is -2.11. The molecule has 94 valence electrons. The Bertz CT molecular complexity index is 429. The van der Waals surface area contributed by atoms with Crippen LogP contribution in [-0.2, 0) is 16.0 Å². The zero-order valence-corrected chi connectivity index (χ0v) is 11.8. The zero-order valence-electron chi connectivity index (χ0n) is 8.84. The second-order valence-corrected chi connectivity index (χ2v) is 4.50. The van der Waals surface area contributed by atoms with Crippen molar-refractivity contribution in [3.05, 3.63) is 26.0 Å². The van der Waals surface area contributed by atoms with E-state index in [2.05, 4.69) is 4.98 Å². The van der Waals surface area contributed by atoms with Crippen LogP contribution in [0.3, 0.4) is 0 Å². The monoisotopic (exact) mass is 375 g/mol. The molecule has 17 heavy (non-hydrogen) atoms. The van der Waals surface area contributed by atoms with Crippen LogP contribution in [0.5, 0.6) is 0 Å². The van der Waals surface area contributed by atoms with Gasteiger partial charge in [0.15, 0.2) is 0 Å². The van der Waals surface area contributed by atoms with E-state index in [4.69, 9.17) is 16.3 Å². The number of hydrogen-bond acceptors (Lipinski definition) is 3. The maximum absolute atomic E-state index is 12.8. The third-order valence-corrected chi connectivity index (χ3v) is 3.16. The highest BCUT2D eigenvalue weighted by Gasteiger charge is 2.22. The summed E-state index contributed by atoms with van der Waals surface area (Å²) >= 11 is 7.47. The highest BCUT2D eigenvalue weighted by molar-refractivity contribution is 14.1. The Labute approximate surface area is 116 Å². The molecule has 0 aliphatic heterocycles. The molecule has 0 aliphatic rings. The number of aromatic nitrogens is 1. The lowest BCUT2D eigenvalue weighted by molar-refractivity contribution is -0.142. The number of hydrogen-bond donors (Lipinski definition) is 0. The third-order valence-electron chi connectivity index (χ3n) is 1.97. The molecule has 0 amide bonds. The summed E-state index contributed by atoms with van der Waals surface area (Å²) in [5, 5.41) is 0.0498. The van der Waals surface area contributed by atoms with Crippen molar-refractivity contribution in [3.8, 4) is 0 Å². The van der Waals surface area contributed by atoms with E-state index < -0.39 is 12.4 Å². The Morgan fingerprint density at radius 2 is 2.29 bits per heavy atom. The molecule has 3 nitrogen and oxygen atoms in total. The fourth-order valence-corrected chi connectivity index (χ4v) is 2.19. The van der Waals surface area contributed by atoms with Crippen molar-refractivity contribution in [2.45, 2.75) is 19.8 Å². The Hall–Kier alpha value is -0.500. The van der Waals surface area contributed by atoms with Gasteiger partial charge >= 0.3 is 5.97 Å². The van der Waals surface area contributed by atoms with Gasteiger partial charge in [-0.25, -0.2) is 13.8 Å². The molecule has 0 fully saturated rings. The Morgan fingerprint density at radius 3 is 2.82 bits per heavy atom. The molecule has 0 atom stereocenters. The molecule has 7 heteroatoms. The summed E-state index contributed by atoms with van der Waals surface area (Å²) < 4.78 is 30.5. The van der Waals surface area contributed by atoms with Crippen LogP contribution in [0.1, 0.15) is 24.5 Å². The first-order valence-electron chi connectivity index (χ1n) is 4.73. The minimum Gasteiger partial charge on any atom is -0.466 e. The number of esters is 1. The van der Waals surface area contributed by atoms with Gasteiger partial charge in [0.1, 0.15) is 3.70 Å². The number of carbonyl (C=O) groups is 1. The average molecular weight is 376 g/mol. The van der Waals surface area contributed by atoms with Crippen molar-refractivity contribution >= 4 is 40.2 Å². The second kappa shape index (κ2) is 6.44. The minimum atomic E-state index is -2.72. The molecule has 0 aliphatic carbocycles. The van der Waals surface area contributed by atoms with E-state index in [1.165, 1.54) is 6.20 Å². The molecule has 1 heterocycles. The van der Waals surface area contributed by atoms with E-state index in [1.54, 1.807) is 29.5 Å². The average Bonchev–Trinajstić information content (AvgIpc) is 2.23. The van der Waals surface area contributed by atoms with Gasteiger partial charge in [-0.3, -0.25) is 4.79 Å². The van der Waals surface area contributed by atoms with Crippen LogP contribution in [0.4, 0.5) is 8.78 Å². The van der Waals surface area contributed by atoms with Crippen LogP contribution >= 0.6 is 34.2 Å². The quantitative estimate of drug-likeness (QED) is 0.460. The van der Waals surface area contributed by atoms with Crippen molar-refractivity contribution in [2.75, 3.05) is 6.61 Å². The second-order valence-electron chi connectivity index (χ2n) is 3.07. The Balaban J connectivity index is 3.12. The summed E-state index contributed by atoms with van der Waals surface area (Å²) in [6, 6.07) is 0. The standard InChI is InChI=1S/C10H9ClF2INO2/c1-2-17-7(16)3-5-6(11)4-15-10(14)8(5)9(12)13/h4,9H,2-3H2,1H3. The molecule has 1 rings (SSSR count). The third kappa shape index (κ3) is 3.74. The van der Waals surface area contributed by atoms with Gasteiger partial charge in [-0.05, 0) is 35.1 Å². The molecule has 0 N–H and O–H groups in total. The first-order valence-corrected chi connectivity index (χ1v) is 6.19. The molecular weight excluding hydrogens is 366 g/mol. The van der Waals surface area contributed by atoms with Crippen molar-refractivity contribution < 1.29 is 18.3 Å². The Kier molecular flexibility index (Phi) is 5.51. The zero-order chi connectivity index (χ0) is 13.0. The highest BCUT2D eigenvalue weighted by Crippen LogP contribution is 2.31. The topological polar surface area (TPSA) is 39.2 Å². The van der Waals surface area contributed by atoms with E-state index in [-0.39, 0.29) is 32.9 Å². The number of nitrogens with zero attached hydrogens (tertiary/aromatic N) is 1. The molecule has 0 unspecified atom stereocenters. The van der Waals surface area contributed by atoms with E-state index >= 15 is 0 Å². The molecular formula is C10H9ClF2INO2. The van der Waals surface area contributed by atoms with E-state index in [0.29, 0.717) is 0 Å². The van der Waals surface area contributed by atoms with Crippen LogP contribution in [0.25, 0.3) is 0 Å². The normalized spacial score (nSPS) is 10.7. The summed E-state index contributed by atoms with van der Waals surface area (Å²) in [7, 11) is 0. The predicted octanol–water partition coefficient (Wildman–Crippen LogP) is 3.38. The van der Waals surface area contributed by atoms with Crippen LogP contribution in [0.15, 0.2) is 6.20 Å². The number of rotatable bonds is 4. The molecule has 0 radical (unpaired) electrons. The summed E-state index contributed by atoms with van der Waals surface area (Å²) in [5.41, 5.74) is -0.217. The van der Waals surface area contributed by atoms with Crippen molar-refractivity contribution in [1.82, 2.24) is 4.98 Å².